The van der Waals surface area contributed by atoms with Crippen molar-refractivity contribution in [3.05, 3.63) is 194 Å². The molecule has 0 aromatic carbocycles. The number of hydrogen-bond donors (Lipinski definition) is 2. The van der Waals surface area contributed by atoms with Crippen LogP contribution in [0.15, 0.2) is 194 Å². The Morgan fingerprint density at radius 3 is 0.906 bits per heavy atom. The average Bonchev–Trinajstić information content (AvgIpc) is 3.52. The van der Waals surface area contributed by atoms with Crippen LogP contribution < -0.4 is 5.73 Å². The molecule has 0 aromatic heterocycles. The van der Waals surface area contributed by atoms with Crippen LogP contribution in [0.25, 0.3) is 0 Å². The Morgan fingerprint density at radius 1 is 0.353 bits per heavy atom. The van der Waals surface area contributed by atoms with E-state index in [0.29, 0.717) is 12.8 Å². The van der Waals surface area contributed by atoms with Gasteiger partial charge in [-0.05, 0) is 141 Å². The quantitative estimate of drug-likeness (QED) is 0.0264. The van der Waals surface area contributed by atoms with Gasteiger partial charge in [0.2, 0.25) is 0 Å². The molecule has 2 unspecified atom stereocenters. The van der Waals surface area contributed by atoms with Crippen molar-refractivity contribution in [3.8, 4) is 0 Å². The lowest BCUT2D eigenvalue weighted by atomic mass is 10.0. The topological polar surface area (TPSA) is 134 Å². The fraction of sp³-hybridized carbons (Fsp3) is 0.547. The summed E-state index contributed by atoms with van der Waals surface area (Å²) in [7, 11) is -4.42. The molecule has 0 fully saturated rings. The summed E-state index contributed by atoms with van der Waals surface area (Å²) in [5, 5.41) is 0. The van der Waals surface area contributed by atoms with Gasteiger partial charge in [0.25, 0.3) is 0 Å². The van der Waals surface area contributed by atoms with E-state index in [1.54, 1.807) is 0 Å². The third kappa shape index (κ3) is 67.8. The maximum Gasteiger partial charge on any atom is 0.472 e. The number of hydrogen-bond acceptors (Lipinski definition) is 8. The molecule has 476 valence electrons. The first kappa shape index (κ1) is 79.8. The number of unbranched alkanes of at least 4 members (excludes halogenated alkanes) is 14. The van der Waals surface area contributed by atoms with Gasteiger partial charge in [-0.3, -0.25) is 18.6 Å². The summed E-state index contributed by atoms with van der Waals surface area (Å²) < 4.78 is 33.1. The van der Waals surface area contributed by atoms with Crippen molar-refractivity contribution in [2.45, 2.75) is 238 Å². The number of carbonyl (C=O) groups excluding carboxylic acids is 2. The van der Waals surface area contributed by atoms with Crippen LogP contribution in [0, 0.1) is 0 Å². The maximum atomic E-state index is 12.8. The monoisotopic (exact) mass is 1190 g/mol. The lowest BCUT2D eigenvalue weighted by Crippen LogP contribution is -2.29. The Labute approximate surface area is 519 Å². The highest BCUT2D eigenvalue weighted by Gasteiger charge is 2.26. The Bertz CT molecular complexity index is 2090. The first-order valence-corrected chi connectivity index (χ1v) is 34.4. The molecule has 0 saturated heterocycles. The molecule has 3 N–H and O–H groups in total. The van der Waals surface area contributed by atoms with Gasteiger partial charge in [-0.1, -0.05) is 272 Å². The Kier molecular flexibility index (Phi) is 63.9. The van der Waals surface area contributed by atoms with Gasteiger partial charge in [-0.2, -0.15) is 0 Å². The molecule has 0 saturated carbocycles. The zero-order valence-corrected chi connectivity index (χ0v) is 54.1. The smallest absolute Gasteiger partial charge is 0.462 e. The molecule has 0 aliphatic carbocycles. The molecule has 0 aromatic rings. The molecule has 0 aliphatic rings. The third-order valence-corrected chi connectivity index (χ3v) is 14.0. The van der Waals surface area contributed by atoms with Gasteiger partial charge in [-0.15, -0.1) is 0 Å². The molecule has 0 bridgehead atoms. The minimum absolute atomic E-state index is 0.0380. The van der Waals surface area contributed by atoms with Crippen LogP contribution in [0.5, 0.6) is 0 Å². The van der Waals surface area contributed by atoms with Crippen molar-refractivity contribution < 1.29 is 37.6 Å². The normalized spacial score (nSPS) is 14.3. The molecular formula is C75H118NO8P. The predicted molar refractivity (Wildman–Crippen MR) is 366 cm³/mol. The zero-order valence-electron chi connectivity index (χ0n) is 53.3. The number of rotatable bonds is 59. The number of phosphoric acid groups is 1. The first-order chi connectivity index (χ1) is 41.8. The molecule has 0 spiro atoms. The SMILES string of the molecule is CC/C=C\C/C=C\C/C=C\C/C=C\C/C=C\C/C=C\C/C=C\C/C=C\CCCCCCCCCCCCC(=O)OC(COC(=O)CCCCCC/C=C\C/C=C\C/C=C\C/C=C\C/C=C\C/C=C\C/C=C\C/C=C\CC)COP(=O)(O)OCCN. The first-order valence-electron chi connectivity index (χ1n) is 32.9. The highest BCUT2D eigenvalue weighted by Crippen LogP contribution is 2.43. The van der Waals surface area contributed by atoms with Gasteiger partial charge in [0.15, 0.2) is 6.10 Å². The Balaban J connectivity index is 4.06. The number of ether oxygens (including phenoxy) is 2. The van der Waals surface area contributed by atoms with Crippen molar-refractivity contribution in [2.24, 2.45) is 5.73 Å². The Morgan fingerprint density at radius 2 is 0.612 bits per heavy atom. The summed E-state index contributed by atoms with van der Waals surface area (Å²) in [6.45, 7) is 3.46. The van der Waals surface area contributed by atoms with Crippen molar-refractivity contribution in [2.75, 3.05) is 26.4 Å². The molecule has 85 heavy (non-hydrogen) atoms. The van der Waals surface area contributed by atoms with Crippen LogP contribution in [0.1, 0.15) is 232 Å². The van der Waals surface area contributed by atoms with Gasteiger partial charge < -0.3 is 20.1 Å². The van der Waals surface area contributed by atoms with Gasteiger partial charge in [0, 0.05) is 19.4 Å². The average molecular weight is 1190 g/mol. The third-order valence-electron chi connectivity index (χ3n) is 13.0. The summed E-state index contributed by atoms with van der Waals surface area (Å²) in [6, 6.07) is 0. The van der Waals surface area contributed by atoms with E-state index in [4.69, 9.17) is 24.3 Å². The van der Waals surface area contributed by atoms with Crippen LogP contribution in [-0.4, -0.2) is 49.3 Å². The molecule has 9 nitrogen and oxygen atoms in total. The molecule has 0 aliphatic heterocycles. The fourth-order valence-electron chi connectivity index (χ4n) is 8.20. The van der Waals surface area contributed by atoms with Crippen LogP contribution in [-0.2, 0) is 32.7 Å². The van der Waals surface area contributed by atoms with E-state index in [9.17, 15) is 19.0 Å². The number of carbonyl (C=O) groups is 2. The highest BCUT2D eigenvalue weighted by molar-refractivity contribution is 7.47. The molecule has 0 heterocycles. The highest BCUT2D eigenvalue weighted by atomic mass is 31.2. The van der Waals surface area contributed by atoms with Crippen molar-refractivity contribution in [1.82, 2.24) is 0 Å². The van der Waals surface area contributed by atoms with E-state index in [1.165, 1.54) is 38.5 Å². The molecule has 2 atom stereocenters. The van der Waals surface area contributed by atoms with E-state index in [0.717, 1.165) is 154 Å². The minimum Gasteiger partial charge on any atom is -0.462 e. The van der Waals surface area contributed by atoms with Gasteiger partial charge in [-0.25, -0.2) is 4.57 Å². The second-order valence-electron chi connectivity index (χ2n) is 20.9. The van der Waals surface area contributed by atoms with Gasteiger partial charge >= 0.3 is 19.8 Å². The minimum atomic E-state index is -4.42. The largest absolute Gasteiger partial charge is 0.472 e. The van der Waals surface area contributed by atoms with Crippen LogP contribution >= 0.6 is 7.82 Å². The van der Waals surface area contributed by atoms with E-state index in [-0.39, 0.29) is 32.6 Å². The molecule has 10 heteroatoms. The van der Waals surface area contributed by atoms with E-state index in [1.807, 2.05) is 0 Å². The van der Waals surface area contributed by atoms with E-state index < -0.39 is 32.5 Å². The predicted octanol–water partition coefficient (Wildman–Crippen LogP) is 21.7. The Hall–Kier alpha value is -5.15. The summed E-state index contributed by atoms with van der Waals surface area (Å²) in [4.78, 5) is 35.3. The number of phosphoric ester groups is 1. The summed E-state index contributed by atoms with van der Waals surface area (Å²) >= 11 is 0. The second kappa shape index (κ2) is 68.0. The maximum absolute atomic E-state index is 12.8. The van der Waals surface area contributed by atoms with Crippen LogP contribution in [0.2, 0.25) is 0 Å². The lowest BCUT2D eigenvalue weighted by molar-refractivity contribution is -0.161. The van der Waals surface area contributed by atoms with Crippen LogP contribution in [0.3, 0.4) is 0 Å². The summed E-state index contributed by atoms with van der Waals surface area (Å²) in [6.07, 6.45) is 104. The van der Waals surface area contributed by atoms with Crippen LogP contribution in [0.4, 0.5) is 0 Å². The van der Waals surface area contributed by atoms with Crippen molar-refractivity contribution >= 4 is 19.8 Å². The summed E-state index contributed by atoms with van der Waals surface area (Å²) in [5.74, 6) is -0.877. The van der Waals surface area contributed by atoms with E-state index in [2.05, 4.69) is 208 Å². The van der Waals surface area contributed by atoms with Gasteiger partial charge in [0.1, 0.15) is 6.61 Å². The molecule has 0 amide bonds. The molecular weight excluding hydrogens is 1070 g/mol. The van der Waals surface area contributed by atoms with Crippen molar-refractivity contribution in [1.29, 1.82) is 0 Å². The number of nitrogens with two attached hydrogens (primary N) is 1. The summed E-state index contributed by atoms with van der Waals surface area (Å²) in [5.41, 5.74) is 5.39. The standard InChI is InChI=1S/C75H118NO8P/c1-3-5-7-9-11-13-15-17-19-21-23-25-27-29-31-33-34-35-36-37-38-40-42-44-46-48-50-52-54-56-58-60-62-64-66-68-75(78)84-73(72-83-85(79,80)82-70-69-76)71-81-74(77)67-65-63-61-59-57-55-53-51-49-47-45-43-41-39-32-30-28-26-24-22-20-18-16-14-12-10-8-6-4-2/h5-8,11-14,17-20,23-26,29-32,34-35,37-38,41-44,47,49,53,55,73H,3-4,9-10,15-16,21-22,27-28,33,36,39-40,45-46,48,50-52,54,56-72,76H2,1-2H3,(H,79,80)/b7-5-,8-6-,13-11-,14-12-,19-17-,20-18-,25-23-,26-24-,31-29-,32-30-,35-34-,38-37-,43-41-,44-42-,49-47-,55-53-. The second-order valence-corrected chi connectivity index (χ2v) is 22.3. The number of esters is 2. The zero-order chi connectivity index (χ0) is 61.6. The van der Waals surface area contributed by atoms with Gasteiger partial charge in [0.05, 0.1) is 13.2 Å². The molecule has 0 radical (unpaired) electrons. The number of allylic oxidation sites excluding steroid dienone is 32. The van der Waals surface area contributed by atoms with Crippen molar-refractivity contribution in [3.63, 3.8) is 0 Å². The van der Waals surface area contributed by atoms with E-state index >= 15 is 0 Å². The fourth-order valence-corrected chi connectivity index (χ4v) is 8.96. The molecule has 0 rings (SSSR count). The lowest BCUT2D eigenvalue weighted by Gasteiger charge is -2.19.